The molecule has 146 valence electrons. The molecule has 2 aromatic heterocycles. The number of ketones is 1. The first-order valence-corrected chi connectivity index (χ1v) is 9.45. The molecule has 0 amide bonds. The van der Waals surface area contributed by atoms with Gasteiger partial charge in [-0.05, 0) is 63.9 Å². The summed E-state index contributed by atoms with van der Waals surface area (Å²) in [6.07, 6.45) is -0.224. The average molecular weight is 400 g/mol. The van der Waals surface area contributed by atoms with E-state index in [4.69, 9.17) is 16.3 Å². The molecule has 0 radical (unpaired) electrons. The molecule has 1 unspecified atom stereocenters. The van der Waals surface area contributed by atoms with Crippen LogP contribution in [0, 0.1) is 20.8 Å². The van der Waals surface area contributed by atoms with Gasteiger partial charge in [0.15, 0.2) is 11.8 Å². The summed E-state index contributed by atoms with van der Waals surface area (Å²) in [5.41, 5.74) is 4.92. The molecular formula is C21H22ClN3O3. The molecule has 0 saturated carbocycles. The summed E-state index contributed by atoms with van der Waals surface area (Å²) in [4.78, 5) is 29.2. The van der Waals surface area contributed by atoms with Crippen LogP contribution < -0.4 is 0 Å². The van der Waals surface area contributed by atoms with Gasteiger partial charge in [0.1, 0.15) is 0 Å². The van der Waals surface area contributed by atoms with E-state index in [2.05, 4.69) is 10.1 Å². The van der Waals surface area contributed by atoms with Crippen LogP contribution in [0.2, 0.25) is 5.02 Å². The summed E-state index contributed by atoms with van der Waals surface area (Å²) in [5.74, 6) is -0.683. The third-order valence-electron chi connectivity index (χ3n) is 4.67. The van der Waals surface area contributed by atoms with Crippen LogP contribution in [0.15, 0.2) is 30.3 Å². The Morgan fingerprint density at radius 3 is 2.54 bits per heavy atom. The highest BCUT2D eigenvalue weighted by atomic mass is 35.5. The van der Waals surface area contributed by atoms with Gasteiger partial charge in [-0.25, -0.2) is 9.50 Å². The second-order valence-electron chi connectivity index (χ2n) is 6.82. The van der Waals surface area contributed by atoms with Crippen molar-refractivity contribution >= 4 is 29.0 Å². The smallest absolute Gasteiger partial charge is 0.306 e. The molecule has 28 heavy (non-hydrogen) atoms. The number of halogens is 1. The van der Waals surface area contributed by atoms with Crippen molar-refractivity contribution in [3.8, 4) is 0 Å². The summed E-state index contributed by atoms with van der Waals surface area (Å²) in [6, 6.07) is 8.43. The molecule has 0 spiro atoms. The Kier molecular flexibility index (Phi) is 5.79. The van der Waals surface area contributed by atoms with Crippen LogP contribution in [-0.2, 0) is 16.0 Å². The lowest BCUT2D eigenvalue weighted by Crippen LogP contribution is -2.24. The van der Waals surface area contributed by atoms with Crippen LogP contribution in [0.25, 0.3) is 5.65 Å². The molecule has 0 fully saturated rings. The van der Waals surface area contributed by atoms with Crippen molar-refractivity contribution in [3.63, 3.8) is 0 Å². The number of rotatable bonds is 6. The Hall–Kier alpha value is -2.73. The van der Waals surface area contributed by atoms with Gasteiger partial charge < -0.3 is 4.74 Å². The zero-order chi connectivity index (χ0) is 20.4. The Balaban J connectivity index is 1.65. The molecule has 2 heterocycles. The summed E-state index contributed by atoms with van der Waals surface area (Å²) in [7, 11) is 0. The van der Waals surface area contributed by atoms with Crippen LogP contribution in [-0.4, -0.2) is 32.5 Å². The zero-order valence-corrected chi connectivity index (χ0v) is 17.1. The molecule has 0 aliphatic rings. The second kappa shape index (κ2) is 8.10. The molecule has 0 aliphatic carbocycles. The first-order valence-electron chi connectivity index (χ1n) is 9.08. The van der Waals surface area contributed by atoms with Crippen molar-refractivity contribution in [1.29, 1.82) is 0 Å². The van der Waals surface area contributed by atoms with Gasteiger partial charge in [-0.3, -0.25) is 9.59 Å². The molecule has 0 bridgehead atoms. The van der Waals surface area contributed by atoms with Crippen molar-refractivity contribution < 1.29 is 14.3 Å². The monoisotopic (exact) mass is 399 g/mol. The fraction of sp³-hybridized carbons (Fsp3) is 0.333. The minimum absolute atomic E-state index is 0.160. The Morgan fingerprint density at radius 1 is 1.18 bits per heavy atom. The molecule has 6 nitrogen and oxygen atoms in total. The maximum absolute atomic E-state index is 12.4. The van der Waals surface area contributed by atoms with E-state index >= 15 is 0 Å². The SMILES string of the molecule is Cc1cc2nc(C)c(CCC(=O)OC(C)C(=O)c3ccc(Cl)cc3)c(C)n2n1. The lowest BCUT2D eigenvalue weighted by molar-refractivity contribution is -0.146. The Morgan fingerprint density at radius 2 is 1.86 bits per heavy atom. The van der Waals surface area contributed by atoms with Gasteiger partial charge in [-0.1, -0.05) is 11.6 Å². The topological polar surface area (TPSA) is 73.6 Å². The van der Waals surface area contributed by atoms with E-state index in [1.807, 2.05) is 26.8 Å². The minimum Gasteiger partial charge on any atom is -0.454 e. The molecule has 1 atom stereocenters. The second-order valence-corrected chi connectivity index (χ2v) is 7.26. The number of esters is 1. The molecule has 0 saturated heterocycles. The van der Waals surface area contributed by atoms with Crippen molar-refractivity contribution in [1.82, 2.24) is 14.6 Å². The van der Waals surface area contributed by atoms with Gasteiger partial charge in [0.25, 0.3) is 0 Å². The third-order valence-corrected chi connectivity index (χ3v) is 4.92. The predicted molar refractivity (Wildman–Crippen MR) is 107 cm³/mol. The van der Waals surface area contributed by atoms with Gasteiger partial charge >= 0.3 is 5.97 Å². The van der Waals surface area contributed by atoms with Gasteiger partial charge in [0.05, 0.1) is 5.69 Å². The van der Waals surface area contributed by atoms with E-state index in [1.54, 1.807) is 35.7 Å². The summed E-state index contributed by atoms with van der Waals surface area (Å²) in [6.45, 7) is 7.37. The molecule has 0 N–H and O–H groups in total. The van der Waals surface area contributed by atoms with Crippen LogP contribution in [0.5, 0.6) is 0 Å². The number of hydrogen-bond acceptors (Lipinski definition) is 5. The number of ether oxygens (including phenoxy) is 1. The Labute approximate surface area is 168 Å². The number of fused-ring (bicyclic) bond motifs is 1. The summed E-state index contributed by atoms with van der Waals surface area (Å²) >= 11 is 5.83. The van der Waals surface area contributed by atoms with Gasteiger partial charge in [0.2, 0.25) is 5.78 Å². The van der Waals surface area contributed by atoms with Gasteiger partial charge in [0, 0.05) is 34.5 Å². The maximum Gasteiger partial charge on any atom is 0.306 e. The largest absolute Gasteiger partial charge is 0.454 e. The maximum atomic E-state index is 12.4. The van der Waals surface area contributed by atoms with Crippen LogP contribution in [0.1, 0.15) is 46.3 Å². The zero-order valence-electron chi connectivity index (χ0n) is 16.3. The van der Waals surface area contributed by atoms with Crippen molar-refractivity contribution in [2.45, 2.75) is 46.6 Å². The molecule has 0 aliphatic heterocycles. The number of benzene rings is 1. The van der Waals surface area contributed by atoms with E-state index in [1.165, 1.54) is 0 Å². The van der Waals surface area contributed by atoms with Crippen molar-refractivity contribution in [2.24, 2.45) is 0 Å². The standard InChI is InChI=1S/C21H22ClN3O3/c1-12-11-19-23-13(2)18(14(3)25(19)24-12)9-10-20(26)28-15(4)21(27)16-5-7-17(22)8-6-16/h5-8,11,15H,9-10H2,1-4H3. The first-order chi connectivity index (χ1) is 13.3. The number of nitrogens with zero attached hydrogens (tertiary/aromatic N) is 3. The normalized spacial score (nSPS) is 12.2. The molecular weight excluding hydrogens is 378 g/mol. The summed E-state index contributed by atoms with van der Waals surface area (Å²) < 4.78 is 7.11. The summed E-state index contributed by atoms with van der Waals surface area (Å²) in [5, 5.41) is 4.98. The number of aryl methyl sites for hydroxylation is 3. The van der Waals surface area contributed by atoms with E-state index in [-0.39, 0.29) is 12.2 Å². The molecule has 3 aromatic rings. The lowest BCUT2D eigenvalue weighted by Gasteiger charge is -2.14. The van der Waals surface area contributed by atoms with Crippen LogP contribution in [0.4, 0.5) is 0 Å². The molecule has 3 rings (SSSR count). The van der Waals surface area contributed by atoms with Crippen LogP contribution >= 0.6 is 11.6 Å². The fourth-order valence-electron chi connectivity index (χ4n) is 3.19. The average Bonchev–Trinajstić information content (AvgIpc) is 3.01. The highest BCUT2D eigenvalue weighted by Crippen LogP contribution is 2.18. The van der Waals surface area contributed by atoms with Crippen molar-refractivity contribution in [3.05, 3.63) is 63.6 Å². The van der Waals surface area contributed by atoms with E-state index in [0.717, 1.165) is 28.3 Å². The number of Topliss-reactive ketones (excluding diaryl/α,β-unsaturated/α-hetero) is 1. The van der Waals surface area contributed by atoms with Gasteiger partial charge in [-0.2, -0.15) is 5.10 Å². The highest BCUT2D eigenvalue weighted by Gasteiger charge is 2.20. The van der Waals surface area contributed by atoms with E-state index in [9.17, 15) is 9.59 Å². The highest BCUT2D eigenvalue weighted by molar-refractivity contribution is 6.30. The molecule has 7 heteroatoms. The fourth-order valence-corrected chi connectivity index (χ4v) is 3.31. The van der Waals surface area contributed by atoms with Crippen LogP contribution in [0.3, 0.4) is 0 Å². The minimum atomic E-state index is -0.856. The number of aromatic nitrogens is 3. The third kappa shape index (κ3) is 4.22. The number of carbonyl (C=O) groups excluding carboxylic acids is 2. The number of carbonyl (C=O) groups is 2. The van der Waals surface area contributed by atoms with E-state index < -0.39 is 12.1 Å². The quantitative estimate of drug-likeness (QED) is 0.461. The molecule has 1 aromatic carbocycles. The van der Waals surface area contributed by atoms with E-state index in [0.29, 0.717) is 17.0 Å². The Bertz CT molecular complexity index is 1040. The number of hydrogen-bond donors (Lipinski definition) is 0. The predicted octanol–water partition coefficient (Wildman–Crippen LogP) is 4.06. The van der Waals surface area contributed by atoms with Gasteiger partial charge in [-0.15, -0.1) is 0 Å². The first kappa shape index (κ1) is 20.0. The lowest BCUT2D eigenvalue weighted by atomic mass is 10.1. The van der Waals surface area contributed by atoms with Crippen molar-refractivity contribution in [2.75, 3.05) is 0 Å².